The van der Waals surface area contributed by atoms with Crippen LogP contribution in [0.1, 0.15) is 22.6 Å². The SMILES string of the molecule is Cc1cccc(CS(=O)(=O)NCc2ccc(C)o2)c1. The molecular weight excluding hydrogens is 262 g/mol. The molecule has 0 saturated heterocycles. The van der Waals surface area contributed by atoms with Crippen molar-refractivity contribution >= 4 is 10.0 Å². The average Bonchev–Trinajstić information content (AvgIpc) is 2.72. The van der Waals surface area contributed by atoms with Crippen LogP contribution in [0, 0.1) is 13.8 Å². The summed E-state index contributed by atoms with van der Waals surface area (Å²) in [6, 6.07) is 11.1. The first-order chi connectivity index (χ1) is 8.94. The van der Waals surface area contributed by atoms with Crippen molar-refractivity contribution in [1.29, 1.82) is 0 Å². The average molecular weight is 279 g/mol. The van der Waals surface area contributed by atoms with E-state index < -0.39 is 10.0 Å². The van der Waals surface area contributed by atoms with Gasteiger partial charge in [0.05, 0.1) is 12.3 Å². The van der Waals surface area contributed by atoms with E-state index in [9.17, 15) is 8.42 Å². The number of benzene rings is 1. The molecule has 102 valence electrons. The summed E-state index contributed by atoms with van der Waals surface area (Å²) in [6.45, 7) is 3.95. The van der Waals surface area contributed by atoms with Crippen LogP contribution in [0.4, 0.5) is 0 Å². The van der Waals surface area contributed by atoms with E-state index in [1.165, 1.54) is 0 Å². The zero-order valence-corrected chi connectivity index (χ0v) is 11.8. The van der Waals surface area contributed by atoms with Crippen LogP contribution in [0.2, 0.25) is 0 Å². The van der Waals surface area contributed by atoms with Gasteiger partial charge in [-0.25, -0.2) is 13.1 Å². The topological polar surface area (TPSA) is 59.3 Å². The minimum atomic E-state index is -3.35. The Bertz CT molecular complexity index is 659. The summed E-state index contributed by atoms with van der Waals surface area (Å²) >= 11 is 0. The molecule has 0 fully saturated rings. The molecule has 0 amide bonds. The van der Waals surface area contributed by atoms with Gasteiger partial charge in [-0.05, 0) is 31.5 Å². The summed E-state index contributed by atoms with van der Waals surface area (Å²) in [5.74, 6) is 1.37. The molecule has 0 spiro atoms. The Morgan fingerprint density at radius 3 is 2.58 bits per heavy atom. The molecule has 1 aromatic carbocycles. The molecule has 2 aromatic rings. The lowest BCUT2D eigenvalue weighted by molar-refractivity contribution is 0.475. The molecule has 0 radical (unpaired) electrons. The number of nitrogens with one attached hydrogen (secondary N) is 1. The molecule has 4 nitrogen and oxygen atoms in total. The van der Waals surface area contributed by atoms with E-state index in [-0.39, 0.29) is 12.3 Å². The maximum absolute atomic E-state index is 11.9. The van der Waals surface area contributed by atoms with Crippen LogP contribution in [-0.4, -0.2) is 8.42 Å². The van der Waals surface area contributed by atoms with Crippen molar-refractivity contribution in [3.05, 3.63) is 59.0 Å². The predicted octanol–water partition coefficient (Wildman–Crippen LogP) is 2.52. The Morgan fingerprint density at radius 2 is 1.95 bits per heavy atom. The van der Waals surface area contributed by atoms with Gasteiger partial charge in [0.25, 0.3) is 0 Å². The van der Waals surface area contributed by atoms with E-state index in [1.807, 2.05) is 44.2 Å². The van der Waals surface area contributed by atoms with Gasteiger partial charge < -0.3 is 4.42 Å². The summed E-state index contributed by atoms with van der Waals surface area (Å²) in [5.41, 5.74) is 1.83. The van der Waals surface area contributed by atoms with Gasteiger partial charge in [-0.1, -0.05) is 29.8 Å². The third kappa shape index (κ3) is 4.22. The molecule has 2 rings (SSSR count). The molecular formula is C14H17NO3S. The Morgan fingerprint density at radius 1 is 1.16 bits per heavy atom. The molecule has 0 unspecified atom stereocenters. The summed E-state index contributed by atoms with van der Waals surface area (Å²) in [4.78, 5) is 0. The fourth-order valence-electron chi connectivity index (χ4n) is 1.83. The molecule has 0 aliphatic heterocycles. The highest BCUT2D eigenvalue weighted by atomic mass is 32.2. The zero-order chi connectivity index (χ0) is 13.9. The van der Waals surface area contributed by atoms with Crippen LogP contribution < -0.4 is 4.72 Å². The lowest BCUT2D eigenvalue weighted by Crippen LogP contribution is -2.24. The number of furan rings is 1. The minimum Gasteiger partial charge on any atom is -0.465 e. The van der Waals surface area contributed by atoms with Crippen molar-refractivity contribution in [2.45, 2.75) is 26.1 Å². The Hall–Kier alpha value is -1.59. The first kappa shape index (κ1) is 13.8. The summed E-state index contributed by atoms with van der Waals surface area (Å²) in [7, 11) is -3.35. The maximum atomic E-state index is 11.9. The van der Waals surface area contributed by atoms with Crippen LogP contribution in [0.25, 0.3) is 0 Å². The van der Waals surface area contributed by atoms with Crippen molar-refractivity contribution in [3.63, 3.8) is 0 Å². The number of rotatable bonds is 5. The second kappa shape index (κ2) is 5.59. The number of sulfonamides is 1. The molecule has 1 aromatic heterocycles. The van der Waals surface area contributed by atoms with E-state index in [4.69, 9.17) is 4.42 Å². The molecule has 0 saturated carbocycles. The van der Waals surface area contributed by atoms with Crippen molar-refractivity contribution in [3.8, 4) is 0 Å². The van der Waals surface area contributed by atoms with Gasteiger partial charge in [-0.3, -0.25) is 0 Å². The Kier molecular flexibility index (Phi) is 4.07. The van der Waals surface area contributed by atoms with Crippen LogP contribution in [0.5, 0.6) is 0 Å². The molecule has 1 N–H and O–H groups in total. The van der Waals surface area contributed by atoms with Crippen molar-refractivity contribution in [2.24, 2.45) is 0 Å². The second-order valence-corrected chi connectivity index (χ2v) is 6.39. The quantitative estimate of drug-likeness (QED) is 0.915. The van der Waals surface area contributed by atoms with Gasteiger partial charge in [0.1, 0.15) is 11.5 Å². The first-order valence-corrected chi connectivity index (χ1v) is 7.68. The van der Waals surface area contributed by atoms with Crippen LogP contribution in [0.3, 0.4) is 0 Å². The van der Waals surface area contributed by atoms with E-state index in [0.29, 0.717) is 5.76 Å². The molecule has 19 heavy (non-hydrogen) atoms. The lowest BCUT2D eigenvalue weighted by Gasteiger charge is -2.06. The predicted molar refractivity (Wildman–Crippen MR) is 74.1 cm³/mol. The van der Waals surface area contributed by atoms with Gasteiger partial charge in [0.15, 0.2) is 0 Å². The Balaban J connectivity index is 1.99. The Labute approximate surface area is 113 Å². The van der Waals surface area contributed by atoms with Crippen LogP contribution in [-0.2, 0) is 22.3 Å². The van der Waals surface area contributed by atoms with Crippen molar-refractivity contribution in [2.75, 3.05) is 0 Å². The van der Waals surface area contributed by atoms with Crippen molar-refractivity contribution < 1.29 is 12.8 Å². The van der Waals surface area contributed by atoms with Gasteiger partial charge >= 0.3 is 0 Å². The highest BCUT2D eigenvalue weighted by Gasteiger charge is 2.12. The fraction of sp³-hybridized carbons (Fsp3) is 0.286. The summed E-state index contributed by atoms with van der Waals surface area (Å²) in [6.07, 6.45) is 0. The van der Waals surface area contributed by atoms with Crippen molar-refractivity contribution in [1.82, 2.24) is 4.72 Å². The molecule has 0 atom stereocenters. The molecule has 5 heteroatoms. The van der Waals surface area contributed by atoms with E-state index >= 15 is 0 Å². The highest BCUT2D eigenvalue weighted by Crippen LogP contribution is 2.10. The molecule has 1 heterocycles. The largest absolute Gasteiger partial charge is 0.465 e. The zero-order valence-electron chi connectivity index (χ0n) is 11.0. The van der Waals surface area contributed by atoms with E-state index in [2.05, 4.69) is 4.72 Å². The monoisotopic (exact) mass is 279 g/mol. The number of aryl methyl sites for hydroxylation is 2. The normalized spacial score (nSPS) is 11.7. The fourth-order valence-corrected chi connectivity index (χ4v) is 2.92. The standard InChI is InChI=1S/C14H17NO3S/c1-11-4-3-5-13(8-11)10-19(16,17)15-9-14-7-6-12(2)18-14/h3-8,15H,9-10H2,1-2H3. The van der Waals surface area contributed by atoms with Crippen LogP contribution in [0.15, 0.2) is 40.8 Å². The highest BCUT2D eigenvalue weighted by molar-refractivity contribution is 7.88. The summed E-state index contributed by atoms with van der Waals surface area (Å²) < 4.78 is 31.7. The van der Waals surface area contributed by atoms with Gasteiger partial charge in [0.2, 0.25) is 10.0 Å². The number of hydrogen-bond acceptors (Lipinski definition) is 3. The third-order valence-corrected chi connectivity index (χ3v) is 4.00. The third-order valence-electron chi connectivity index (χ3n) is 2.70. The number of hydrogen-bond donors (Lipinski definition) is 1. The van der Waals surface area contributed by atoms with Gasteiger partial charge in [0, 0.05) is 0 Å². The molecule has 0 aliphatic rings. The first-order valence-electron chi connectivity index (χ1n) is 6.03. The van der Waals surface area contributed by atoms with E-state index in [0.717, 1.165) is 16.9 Å². The van der Waals surface area contributed by atoms with E-state index in [1.54, 1.807) is 6.07 Å². The van der Waals surface area contributed by atoms with Crippen LogP contribution >= 0.6 is 0 Å². The molecule has 0 bridgehead atoms. The van der Waals surface area contributed by atoms with Gasteiger partial charge in [-0.15, -0.1) is 0 Å². The summed E-state index contributed by atoms with van der Waals surface area (Å²) in [5, 5.41) is 0. The van der Waals surface area contributed by atoms with Gasteiger partial charge in [-0.2, -0.15) is 0 Å². The maximum Gasteiger partial charge on any atom is 0.216 e. The molecule has 0 aliphatic carbocycles. The smallest absolute Gasteiger partial charge is 0.216 e. The second-order valence-electron chi connectivity index (χ2n) is 4.58. The lowest BCUT2D eigenvalue weighted by atomic mass is 10.2. The minimum absolute atomic E-state index is 0.0195.